The zero-order valence-corrected chi connectivity index (χ0v) is 11.8. The number of carbonyl (C=O) groups is 2. The molecule has 2 N–H and O–H groups in total. The Morgan fingerprint density at radius 2 is 1.68 bits per heavy atom. The van der Waals surface area contributed by atoms with E-state index >= 15 is 0 Å². The van der Waals surface area contributed by atoms with Crippen LogP contribution >= 0.6 is 0 Å². The Labute approximate surface area is 113 Å². The molecule has 0 radical (unpaired) electrons. The topological polar surface area (TPSA) is 77.8 Å². The number of carboxylic acid groups (broad SMARTS) is 2. The maximum absolute atomic E-state index is 10.9. The lowest BCUT2D eigenvalue weighted by molar-refractivity contribution is -0.157. The third-order valence-electron chi connectivity index (χ3n) is 5.46. The summed E-state index contributed by atoms with van der Waals surface area (Å²) in [6.07, 6.45) is 2.13. The van der Waals surface area contributed by atoms with Crippen LogP contribution in [0.2, 0.25) is 0 Å². The Kier molecular flexibility index (Phi) is 3.60. The molecule has 3 saturated carbocycles. The zero-order valence-electron chi connectivity index (χ0n) is 11.8. The predicted molar refractivity (Wildman–Crippen MR) is 69.8 cm³/mol. The highest BCUT2D eigenvalue weighted by Crippen LogP contribution is 2.61. The van der Waals surface area contributed by atoms with E-state index in [1.54, 1.807) is 4.90 Å². The number of hydrogen-bond acceptors (Lipinski definition) is 3. The zero-order chi connectivity index (χ0) is 14.4. The van der Waals surface area contributed by atoms with Gasteiger partial charge in [-0.1, -0.05) is 20.8 Å². The van der Waals surface area contributed by atoms with Gasteiger partial charge in [0.15, 0.2) is 0 Å². The van der Waals surface area contributed by atoms with Gasteiger partial charge >= 0.3 is 11.9 Å². The van der Waals surface area contributed by atoms with Crippen molar-refractivity contribution in [3.05, 3.63) is 0 Å². The molecule has 5 heteroatoms. The fourth-order valence-electron chi connectivity index (χ4n) is 4.24. The quantitative estimate of drug-likeness (QED) is 0.791. The van der Waals surface area contributed by atoms with Crippen molar-refractivity contribution in [2.75, 3.05) is 13.1 Å². The van der Waals surface area contributed by atoms with Crippen molar-refractivity contribution >= 4 is 11.9 Å². The summed E-state index contributed by atoms with van der Waals surface area (Å²) in [5.41, 5.74) is 0.327. The summed E-state index contributed by atoms with van der Waals surface area (Å²) >= 11 is 0. The molecule has 2 bridgehead atoms. The molecule has 3 fully saturated rings. The van der Waals surface area contributed by atoms with Crippen molar-refractivity contribution in [1.82, 2.24) is 4.90 Å². The Balaban J connectivity index is 2.10. The minimum atomic E-state index is -0.952. The first-order valence-corrected chi connectivity index (χ1v) is 6.91. The number of carboxylic acids is 2. The third kappa shape index (κ3) is 2.48. The summed E-state index contributed by atoms with van der Waals surface area (Å²) in [7, 11) is 0. The largest absolute Gasteiger partial charge is 0.480 e. The normalized spacial score (nSPS) is 35.8. The highest BCUT2D eigenvalue weighted by molar-refractivity contribution is 5.72. The molecule has 5 nitrogen and oxygen atoms in total. The molecule has 3 aliphatic rings. The van der Waals surface area contributed by atoms with E-state index in [-0.39, 0.29) is 19.1 Å². The van der Waals surface area contributed by atoms with Crippen LogP contribution in [0.4, 0.5) is 0 Å². The lowest BCUT2D eigenvalue weighted by Gasteiger charge is -2.63. The first kappa shape index (κ1) is 14.3. The van der Waals surface area contributed by atoms with Crippen LogP contribution in [-0.2, 0) is 9.59 Å². The highest BCUT2D eigenvalue weighted by Gasteiger charge is 2.57. The summed E-state index contributed by atoms with van der Waals surface area (Å²) in [5, 5.41) is 17.9. The molecule has 3 aliphatic carbocycles. The fourth-order valence-corrected chi connectivity index (χ4v) is 4.24. The van der Waals surface area contributed by atoms with Gasteiger partial charge in [-0.25, -0.2) is 0 Å². The van der Waals surface area contributed by atoms with E-state index in [4.69, 9.17) is 10.2 Å². The van der Waals surface area contributed by atoms with E-state index in [0.717, 1.165) is 6.42 Å². The Hall–Kier alpha value is -1.10. The van der Waals surface area contributed by atoms with Gasteiger partial charge in [0.2, 0.25) is 0 Å². The van der Waals surface area contributed by atoms with Crippen LogP contribution in [0, 0.1) is 23.2 Å². The second-order valence-electron chi connectivity index (χ2n) is 6.72. The number of hydrogen-bond donors (Lipinski definition) is 2. The molecule has 0 saturated heterocycles. The molecule has 3 rings (SSSR count). The summed E-state index contributed by atoms with van der Waals surface area (Å²) in [6, 6.07) is 0.0870. The molecule has 4 atom stereocenters. The van der Waals surface area contributed by atoms with E-state index in [2.05, 4.69) is 20.8 Å². The molecule has 0 spiro atoms. The van der Waals surface area contributed by atoms with Gasteiger partial charge in [-0.3, -0.25) is 14.5 Å². The maximum Gasteiger partial charge on any atom is 0.317 e. The minimum Gasteiger partial charge on any atom is -0.480 e. The monoisotopic (exact) mass is 269 g/mol. The van der Waals surface area contributed by atoms with Crippen LogP contribution in [-0.4, -0.2) is 46.2 Å². The predicted octanol–water partition coefficient (Wildman–Crippen LogP) is 1.53. The SMILES string of the molecule is C[C@H]1[C@H](N(CC(=O)O)CC(=O)O)C[C@@H]2C[C@H]1C2(C)C. The molecule has 0 unspecified atom stereocenters. The van der Waals surface area contributed by atoms with Gasteiger partial charge in [0.1, 0.15) is 0 Å². The summed E-state index contributed by atoms with van der Waals surface area (Å²) in [4.78, 5) is 23.5. The highest BCUT2D eigenvalue weighted by atomic mass is 16.4. The van der Waals surface area contributed by atoms with Gasteiger partial charge in [-0.15, -0.1) is 0 Å². The standard InChI is InChI=1S/C14H23NO4/c1-8-10-4-9(14(10,2)3)5-11(8)15(6-12(16)17)7-13(18)19/h8-11H,4-7H2,1-3H3,(H,16,17)(H,18,19)/t8-,9+,10-,11-/m1/s1. The molecule has 108 valence electrons. The number of rotatable bonds is 5. The van der Waals surface area contributed by atoms with Crippen molar-refractivity contribution in [3.63, 3.8) is 0 Å². The van der Waals surface area contributed by atoms with Crippen molar-refractivity contribution in [2.24, 2.45) is 23.2 Å². The Morgan fingerprint density at radius 1 is 1.16 bits per heavy atom. The van der Waals surface area contributed by atoms with Crippen LogP contribution in [0.15, 0.2) is 0 Å². The average Bonchev–Trinajstić information content (AvgIpc) is 2.26. The smallest absolute Gasteiger partial charge is 0.317 e. The van der Waals surface area contributed by atoms with Gasteiger partial charge in [-0.05, 0) is 36.0 Å². The van der Waals surface area contributed by atoms with E-state index < -0.39 is 11.9 Å². The van der Waals surface area contributed by atoms with Crippen molar-refractivity contribution in [1.29, 1.82) is 0 Å². The maximum atomic E-state index is 10.9. The number of fused-ring (bicyclic) bond motifs is 2. The molecule has 0 aromatic rings. The van der Waals surface area contributed by atoms with Gasteiger partial charge < -0.3 is 10.2 Å². The molecular formula is C14H23NO4. The van der Waals surface area contributed by atoms with Gasteiger partial charge in [0, 0.05) is 6.04 Å². The van der Waals surface area contributed by atoms with Crippen molar-refractivity contribution < 1.29 is 19.8 Å². The summed E-state index contributed by atoms with van der Waals surface area (Å²) < 4.78 is 0. The van der Waals surface area contributed by atoms with Crippen molar-refractivity contribution in [2.45, 2.75) is 39.7 Å². The molecule has 0 aromatic heterocycles. The first-order chi connectivity index (χ1) is 8.73. The van der Waals surface area contributed by atoms with Crippen LogP contribution < -0.4 is 0 Å². The van der Waals surface area contributed by atoms with Gasteiger partial charge in [0.05, 0.1) is 13.1 Å². The molecule has 0 amide bonds. The van der Waals surface area contributed by atoms with Gasteiger partial charge in [0.25, 0.3) is 0 Å². The molecular weight excluding hydrogens is 246 g/mol. The lowest BCUT2D eigenvalue weighted by Crippen LogP contribution is -2.61. The minimum absolute atomic E-state index is 0.0870. The summed E-state index contributed by atoms with van der Waals surface area (Å²) in [5.74, 6) is -0.359. The molecule has 0 aliphatic heterocycles. The lowest BCUT2D eigenvalue weighted by atomic mass is 9.44. The van der Waals surface area contributed by atoms with E-state index in [1.807, 2.05) is 0 Å². The second kappa shape index (κ2) is 4.78. The van der Waals surface area contributed by atoms with Crippen LogP contribution in [0.25, 0.3) is 0 Å². The molecule has 19 heavy (non-hydrogen) atoms. The first-order valence-electron chi connectivity index (χ1n) is 6.91. The number of nitrogens with zero attached hydrogens (tertiary/aromatic N) is 1. The fraction of sp³-hybridized carbons (Fsp3) is 0.857. The van der Waals surface area contributed by atoms with E-state index in [0.29, 0.717) is 23.2 Å². The Morgan fingerprint density at radius 3 is 2.05 bits per heavy atom. The number of aliphatic carboxylic acids is 2. The van der Waals surface area contributed by atoms with E-state index in [9.17, 15) is 9.59 Å². The van der Waals surface area contributed by atoms with Crippen molar-refractivity contribution in [3.8, 4) is 0 Å². The van der Waals surface area contributed by atoms with E-state index in [1.165, 1.54) is 6.42 Å². The third-order valence-corrected chi connectivity index (χ3v) is 5.46. The van der Waals surface area contributed by atoms with Crippen LogP contribution in [0.3, 0.4) is 0 Å². The molecule has 0 heterocycles. The molecule has 0 aromatic carbocycles. The van der Waals surface area contributed by atoms with Crippen LogP contribution in [0.5, 0.6) is 0 Å². The summed E-state index contributed by atoms with van der Waals surface area (Å²) in [6.45, 7) is 6.33. The van der Waals surface area contributed by atoms with Gasteiger partial charge in [-0.2, -0.15) is 0 Å². The van der Waals surface area contributed by atoms with Crippen LogP contribution in [0.1, 0.15) is 33.6 Å². The second-order valence-corrected chi connectivity index (χ2v) is 6.72. The average molecular weight is 269 g/mol. The Bertz CT molecular complexity index is 377.